The molecule has 0 aromatic heterocycles. The van der Waals surface area contributed by atoms with Crippen LogP contribution in [-0.2, 0) is 6.42 Å². The molecule has 0 nitrogen and oxygen atoms in total. The summed E-state index contributed by atoms with van der Waals surface area (Å²) in [5, 5.41) is 0.511. The summed E-state index contributed by atoms with van der Waals surface area (Å²) in [5.41, 5.74) is 1.10. The first-order valence-electron chi connectivity index (χ1n) is 5.55. The van der Waals surface area contributed by atoms with Crippen molar-refractivity contribution in [1.29, 1.82) is 0 Å². The maximum atomic E-state index is 12.9. The molecule has 1 unspecified atom stereocenters. The Morgan fingerprint density at radius 1 is 1.44 bits per heavy atom. The zero-order valence-electron chi connectivity index (χ0n) is 9.27. The molecule has 0 radical (unpaired) electrons. The number of alkyl halides is 1. The molecule has 88 valence electrons. The third-order valence-corrected chi connectivity index (χ3v) is 4.44. The Bertz CT molecular complexity index is 388. The molecule has 16 heavy (non-hydrogen) atoms. The lowest BCUT2D eigenvalue weighted by Gasteiger charge is -2.27. The normalized spacial score (nSPS) is 19.5. The zero-order chi connectivity index (χ0) is 11.8. The third-order valence-electron chi connectivity index (χ3n) is 3.48. The first-order chi connectivity index (χ1) is 7.55. The fraction of sp³-hybridized carbons (Fsp3) is 0.538. The van der Waals surface area contributed by atoms with Gasteiger partial charge in [0.1, 0.15) is 5.82 Å². The van der Waals surface area contributed by atoms with E-state index in [0.717, 1.165) is 12.0 Å². The van der Waals surface area contributed by atoms with Crippen LogP contribution in [0.25, 0.3) is 0 Å². The fourth-order valence-electron chi connectivity index (χ4n) is 2.18. The number of halogens is 3. The molecule has 1 aliphatic rings. The number of rotatable bonds is 4. The lowest BCUT2D eigenvalue weighted by Crippen LogP contribution is -2.24. The van der Waals surface area contributed by atoms with Crippen LogP contribution >= 0.6 is 23.2 Å². The van der Waals surface area contributed by atoms with Crippen LogP contribution in [0.2, 0.25) is 5.02 Å². The molecular weight excluding hydrogens is 246 g/mol. The molecule has 3 heteroatoms. The van der Waals surface area contributed by atoms with Crippen LogP contribution in [0.1, 0.15) is 25.3 Å². The molecule has 1 aromatic rings. The Kier molecular flexibility index (Phi) is 3.46. The fourth-order valence-corrected chi connectivity index (χ4v) is 2.73. The Balaban J connectivity index is 2.18. The molecule has 0 amide bonds. The van der Waals surface area contributed by atoms with Crippen LogP contribution < -0.4 is 0 Å². The van der Waals surface area contributed by atoms with Crippen molar-refractivity contribution in [3.8, 4) is 0 Å². The molecule has 0 aliphatic heterocycles. The quantitative estimate of drug-likeness (QED) is 0.690. The average Bonchev–Trinajstić information content (AvgIpc) is 3.06. The maximum Gasteiger partial charge on any atom is 0.124 e. The summed E-state index contributed by atoms with van der Waals surface area (Å²) in [6, 6.07) is 4.60. The standard InChI is InChI=1S/C13H15Cl2F/c1-13(8-14,10-3-4-10)7-9-2-5-11(16)6-12(9)15/h2,5-6,10H,3-4,7-8H2,1H3. The minimum Gasteiger partial charge on any atom is -0.207 e. The van der Waals surface area contributed by atoms with Crippen molar-refractivity contribution >= 4 is 23.2 Å². The summed E-state index contributed by atoms with van der Waals surface area (Å²) in [7, 11) is 0. The summed E-state index contributed by atoms with van der Waals surface area (Å²) in [4.78, 5) is 0. The SMILES string of the molecule is CC(CCl)(Cc1ccc(F)cc1Cl)C1CC1. The number of hydrogen-bond acceptors (Lipinski definition) is 0. The molecule has 0 spiro atoms. The van der Waals surface area contributed by atoms with Gasteiger partial charge in [-0.2, -0.15) is 0 Å². The number of benzene rings is 1. The van der Waals surface area contributed by atoms with Crippen LogP contribution in [0.4, 0.5) is 4.39 Å². The summed E-state index contributed by atoms with van der Waals surface area (Å²) in [6.45, 7) is 2.19. The predicted molar refractivity (Wildman–Crippen MR) is 66.7 cm³/mol. The van der Waals surface area contributed by atoms with E-state index in [1.165, 1.54) is 25.0 Å². The smallest absolute Gasteiger partial charge is 0.124 e. The van der Waals surface area contributed by atoms with Crippen molar-refractivity contribution < 1.29 is 4.39 Å². The van der Waals surface area contributed by atoms with Gasteiger partial charge in [-0.25, -0.2) is 4.39 Å². The third kappa shape index (κ3) is 2.52. The van der Waals surface area contributed by atoms with Crippen molar-refractivity contribution in [3.05, 3.63) is 34.6 Å². The predicted octanol–water partition coefficient (Wildman–Crippen LogP) is 4.68. The van der Waals surface area contributed by atoms with E-state index >= 15 is 0 Å². The first-order valence-corrected chi connectivity index (χ1v) is 6.46. The molecule has 0 bridgehead atoms. The van der Waals surface area contributed by atoms with Gasteiger partial charge in [-0.05, 0) is 48.3 Å². The van der Waals surface area contributed by atoms with E-state index in [9.17, 15) is 4.39 Å². The highest BCUT2D eigenvalue weighted by Crippen LogP contribution is 2.48. The van der Waals surface area contributed by atoms with Crippen molar-refractivity contribution in [2.24, 2.45) is 11.3 Å². The summed E-state index contributed by atoms with van der Waals surface area (Å²) in [6.07, 6.45) is 3.34. The molecule has 1 atom stereocenters. The summed E-state index contributed by atoms with van der Waals surface area (Å²) >= 11 is 12.1. The van der Waals surface area contributed by atoms with Crippen molar-refractivity contribution in [2.75, 3.05) is 5.88 Å². The Labute approximate surface area is 106 Å². The van der Waals surface area contributed by atoms with Gasteiger partial charge in [0.2, 0.25) is 0 Å². The molecule has 0 saturated heterocycles. The second-order valence-corrected chi connectivity index (χ2v) is 5.65. The van der Waals surface area contributed by atoms with Crippen LogP contribution in [0.5, 0.6) is 0 Å². The highest BCUT2D eigenvalue weighted by Gasteiger charge is 2.41. The van der Waals surface area contributed by atoms with Crippen molar-refractivity contribution in [2.45, 2.75) is 26.2 Å². The van der Waals surface area contributed by atoms with E-state index < -0.39 is 0 Å². The summed E-state index contributed by atoms with van der Waals surface area (Å²) < 4.78 is 12.9. The molecular formula is C13H15Cl2F. The highest BCUT2D eigenvalue weighted by molar-refractivity contribution is 6.31. The van der Waals surface area contributed by atoms with Gasteiger partial charge in [0.15, 0.2) is 0 Å². The van der Waals surface area contributed by atoms with Gasteiger partial charge in [-0.3, -0.25) is 0 Å². The molecule has 1 aromatic carbocycles. The van der Waals surface area contributed by atoms with Gasteiger partial charge in [0.05, 0.1) is 0 Å². The molecule has 1 aliphatic carbocycles. The van der Waals surface area contributed by atoms with E-state index in [-0.39, 0.29) is 11.2 Å². The van der Waals surface area contributed by atoms with Gasteiger partial charge in [0, 0.05) is 10.9 Å². The lowest BCUT2D eigenvalue weighted by atomic mass is 9.81. The minimum atomic E-state index is -0.284. The molecule has 2 rings (SSSR count). The van der Waals surface area contributed by atoms with Crippen LogP contribution in [0, 0.1) is 17.2 Å². The van der Waals surface area contributed by atoms with Crippen molar-refractivity contribution in [3.63, 3.8) is 0 Å². The second-order valence-electron chi connectivity index (χ2n) is 4.97. The first kappa shape index (κ1) is 12.2. The monoisotopic (exact) mass is 260 g/mol. The molecule has 1 saturated carbocycles. The van der Waals surface area contributed by atoms with Crippen LogP contribution in [-0.4, -0.2) is 5.88 Å². The van der Waals surface area contributed by atoms with Gasteiger partial charge in [-0.1, -0.05) is 24.6 Å². The largest absolute Gasteiger partial charge is 0.207 e. The van der Waals surface area contributed by atoms with E-state index in [4.69, 9.17) is 23.2 Å². The van der Waals surface area contributed by atoms with E-state index in [0.29, 0.717) is 16.8 Å². The highest BCUT2D eigenvalue weighted by atomic mass is 35.5. The second kappa shape index (κ2) is 4.54. The lowest BCUT2D eigenvalue weighted by molar-refractivity contribution is 0.313. The average molecular weight is 261 g/mol. The molecule has 1 fully saturated rings. The Morgan fingerprint density at radius 2 is 2.12 bits per heavy atom. The Morgan fingerprint density at radius 3 is 2.62 bits per heavy atom. The van der Waals surface area contributed by atoms with Crippen LogP contribution in [0.3, 0.4) is 0 Å². The summed E-state index contributed by atoms with van der Waals surface area (Å²) in [5.74, 6) is 1.05. The van der Waals surface area contributed by atoms with Gasteiger partial charge >= 0.3 is 0 Å². The van der Waals surface area contributed by atoms with Crippen LogP contribution in [0.15, 0.2) is 18.2 Å². The Hall–Kier alpha value is -0.270. The topological polar surface area (TPSA) is 0 Å². The van der Waals surface area contributed by atoms with E-state index in [2.05, 4.69) is 6.92 Å². The maximum absolute atomic E-state index is 12.9. The van der Waals surface area contributed by atoms with Gasteiger partial charge in [-0.15, -0.1) is 11.6 Å². The zero-order valence-corrected chi connectivity index (χ0v) is 10.8. The van der Waals surface area contributed by atoms with E-state index in [1.54, 1.807) is 6.07 Å². The number of hydrogen-bond donors (Lipinski definition) is 0. The molecule has 0 N–H and O–H groups in total. The van der Waals surface area contributed by atoms with Crippen molar-refractivity contribution in [1.82, 2.24) is 0 Å². The molecule has 0 heterocycles. The van der Waals surface area contributed by atoms with E-state index in [1.807, 2.05) is 0 Å². The van der Waals surface area contributed by atoms with Gasteiger partial charge < -0.3 is 0 Å². The minimum absolute atomic E-state index is 0.100. The van der Waals surface area contributed by atoms with Gasteiger partial charge in [0.25, 0.3) is 0 Å².